The van der Waals surface area contributed by atoms with Gasteiger partial charge in [-0.25, -0.2) is 0 Å². The first-order valence-corrected chi connectivity index (χ1v) is 29.9. The highest BCUT2D eigenvalue weighted by Crippen LogP contribution is 2.16. The second-order valence-corrected chi connectivity index (χ2v) is 19.9. The minimum Gasteiger partial charge on any atom is -0.462 e. The van der Waals surface area contributed by atoms with Gasteiger partial charge in [0.15, 0.2) is 6.10 Å². The van der Waals surface area contributed by atoms with Crippen LogP contribution < -0.4 is 0 Å². The molecule has 0 saturated carbocycles. The lowest BCUT2D eigenvalue weighted by atomic mass is 10.1. The van der Waals surface area contributed by atoms with Gasteiger partial charge >= 0.3 is 17.9 Å². The summed E-state index contributed by atoms with van der Waals surface area (Å²) in [6.45, 7) is 6.51. The fourth-order valence-electron chi connectivity index (χ4n) is 8.47. The van der Waals surface area contributed by atoms with Gasteiger partial charge in [0.25, 0.3) is 0 Å². The van der Waals surface area contributed by atoms with Crippen LogP contribution in [-0.2, 0) is 28.6 Å². The third-order valence-electron chi connectivity index (χ3n) is 12.9. The largest absolute Gasteiger partial charge is 0.462 e. The molecule has 6 nitrogen and oxygen atoms in total. The van der Waals surface area contributed by atoms with Crippen LogP contribution in [0.15, 0.2) is 72.9 Å². The molecule has 1 atom stereocenters. The molecule has 0 aromatic heterocycles. The lowest BCUT2D eigenvalue weighted by Crippen LogP contribution is -2.30. The molecular weight excluding hydrogens is 865 g/mol. The Hall–Kier alpha value is -3.15. The third kappa shape index (κ3) is 55.8. The predicted molar refractivity (Wildman–Crippen MR) is 302 cm³/mol. The lowest BCUT2D eigenvalue weighted by molar-refractivity contribution is -0.167. The first-order valence-electron chi connectivity index (χ1n) is 29.9. The van der Waals surface area contributed by atoms with Gasteiger partial charge in [0, 0.05) is 19.3 Å². The van der Waals surface area contributed by atoms with Crippen molar-refractivity contribution < 1.29 is 28.6 Å². The van der Waals surface area contributed by atoms with Gasteiger partial charge in [0.2, 0.25) is 0 Å². The Labute approximate surface area is 433 Å². The number of allylic oxidation sites excluding steroid dienone is 12. The second kappa shape index (κ2) is 58.4. The van der Waals surface area contributed by atoms with Crippen LogP contribution in [0.2, 0.25) is 0 Å². The first-order chi connectivity index (χ1) is 34.5. The Morgan fingerprint density at radius 2 is 0.557 bits per heavy atom. The summed E-state index contributed by atoms with van der Waals surface area (Å²) in [5.74, 6) is -0.886. The van der Waals surface area contributed by atoms with E-state index in [-0.39, 0.29) is 31.1 Å². The van der Waals surface area contributed by atoms with E-state index in [1.54, 1.807) is 0 Å². The molecule has 70 heavy (non-hydrogen) atoms. The van der Waals surface area contributed by atoms with Crippen LogP contribution in [0.1, 0.15) is 297 Å². The highest BCUT2D eigenvalue weighted by molar-refractivity contribution is 5.71. The van der Waals surface area contributed by atoms with Gasteiger partial charge in [-0.1, -0.05) is 261 Å². The minimum absolute atomic E-state index is 0.0778. The van der Waals surface area contributed by atoms with E-state index in [2.05, 4.69) is 93.7 Å². The normalized spacial score (nSPS) is 12.6. The van der Waals surface area contributed by atoms with Crippen LogP contribution in [-0.4, -0.2) is 37.2 Å². The molecule has 1 unspecified atom stereocenters. The molecule has 0 bridgehead atoms. The molecule has 0 radical (unpaired) electrons. The highest BCUT2D eigenvalue weighted by Gasteiger charge is 2.19. The average molecular weight is 978 g/mol. The molecule has 0 aliphatic carbocycles. The summed E-state index contributed by atoms with van der Waals surface area (Å²) >= 11 is 0. The van der Waals surface area contributed by atoms with Crippen LogP contribution in [0.4, 0.5) is 0 Å². The van der Waals surface area contributed by atoms with E-state index >= 15 is 0 Å². The fourth-order valence-corrected chi connectivity index (χ4v) is 8.47. The lowest BCUT2D eigenvalue weighted by Gasteiger charge is -2.18. The molecule has 0 N–H and O–H groups in total. The highest BCUT2D eigenvalue weighted by atomic mass is 16.6. The molecular formula is C64H112O6. The van der Waals surface area contributed by atoms with Crippen LogP contribution in [0.5, 0.6) is 0 Å². The Morgan fingerprint density at radius 1 is 0.300 bits per heavy atom. The van der Waals surface area contributed by atoms with Gasteiger partial charge in [0.05, 0.1) is 0 Å². The van der Waals surface area contributed by atoms with Gasteiger partial charge in [-0.15, -0.1) is 0 Å². The first kappa shape index (κ1) is 66.9. The number of rotatable bonds is 54. The van der Waals surface area contributed by atoms with E-state index in [9.17, 15) is 14.4 Å². The number of unbranched alkanes of at least 4 members (excludes halogenated alkanes) is 31. The second-order valence-electron chi connectivity index (χ2n) is 19.9. The summed E-state index contributed by atoms with van der Waals surface area (Å²) < 4.78 is 16.8. The zero-order valence-electron chi connectivity index (χ0n) is 46.3. The maximum atomic E-state index is 12.8. The van der Waals surface area contributed by atoms with E-state index in [1.807, 2.05) is 0 Å². The van der Waals surface area contributed by atoms with Gasteiger partial charge < -0.3 is 14.2 Å². The SMILES string of the molecule is CC/C=C\C/C=C\C/C=C\C/C=C\C/C=C\CCCCCCCCCC(=O)OCC(COC(=O)CCCCCCCCCC)OC(=O)CCCCCCCCCCC/C=C\CCCCCCCCCC. The van der Waals surface area contributed by atoms with Crippen LogP contribution in [0.3, 0.4) is 0 Å². The van der Waals surface area contributed by atoms with Crippen molar-refractivity contribution >= 4 is 17.9 Å². The zero-order chi connectivity index (χ0) is 50.7. The summed E-state index contributed by atoms with van der Waals surface area (Å²) in [5.41, 5.74) is 0. The van der Waals surface area contributed by atoms with E-state index in [1.165, 1.54) is 161 Å². The standard InChI is InChI=1S/C64H112O6/c1-4-7-10-13-16-19-21-23-25-27-29-31-32-34-35-37-39-41-43-45-48-51-54-57-63(66)69-60-61(59-68-62(65)56-53-50-47-18-15-12-9-6-3)70-64(67)58-55-52-49-46-44-42-40-38-36-33-30-28-26-24-22-20-17-14-11-8-5-2/h7,10,16,19,23,25,28-31,34-35,61H,4-6,8-9,11-15,17-18,20-22,24,26-27,32-33,36-60H2,1-3H3/b10-7-,19-16-,25-23-,30-28-,31-29-,35-34-. The number of hydrogen-bond donors (Lipinski definition) is 0. The number of carbonyl (C=O) groups excluding carboxylic acids is 3. The quantitative estimate of drug-likeness (QED) is 0.0261. The van der Waals surface area contributed by atoms with Crippen molar-refractivity contribution in [3.8, 4) is 0 Å². The average Bonchev–Trinajstić information content (AvgIpc) is 3.36. The van der Waals surface area contributed by atoms with Crippen LogP contribution >= 0.6 is 0 Å². The summed E-state index contributed by atoms with van der Waals surface area (Å²) in [6, 6.07) is 0. The summed E-state index contributed by atoms with van der Waals surface area (Å²) in [4.78, 5) is 38.1. The van der Waals surface area contributed by atoms with Crippen molar-refractivity contribution in [1.82, 2.24) is 0 Å². The number of carbonyl (C=O) groups is 3. The smallest absolute Gasteiger partial charge is 0.306 e. The monoisotopic (exact) mass is 977 g/mol. The molecule has 0 aromatic carbocycles. The van der Waals surface area contributed by atoms with Gasteiger partial charge in [0.1, 0.15) is 13.2 Å². The molecule has 0 saturated heterocycles. The Morgan fingerprint density at radius 3 is 0.886 bits per heavy atom. The van der Waals surface area contributed by atoms with E-state index in [0.717, 1.165) is 96.3 Å². The maximum Gasteiger partial charge on any atom is 0.306 e. The van der Waals surface area contributed by atoms with Gasteiger partial charge in [-0.05, 0) is 89.9 Å². The summed E-state index contributed by atoms with van der Waals surface area (Å²) in [6.07, 6.45) is 74.8. The van der Waals surface area contributed by atoms with Crippen molar-refractivity contribution in [2.24, 2.45) is 0 Å². The van der Waals surface area contributed by atoms with Gasteiger partial charge in [-0.3, -0.25) is 14.4 Å². The molecule has 0 rings (SSSR count). The van der Waals surface area contributed by atoms with Gasteiger partial charge in [-0.2, -0.15) is 0 Å². The van der Waals surface area contributed by atoms with Crippen molar-refractivity contribution in [2.45, 2.75) is 303 Å². The Balaban J connectivity index is 4.24. The molecule has 0 fully saturated rings. The zero-order valence-corrected chi connectivity index (χ0v) is 46.3. The maximum absolute atomic E-state index is 12.8. The van der Waals surface area contributed by atoms with E-state index < -0.39 is 6.10 Å². The predicted octanol–water partition coefficient (Wildman–Crippen LogP) is 20.2. The van der Waals surface area contributed by atoms with Crippen molar-refractivity contribution in [3.05, 3.63) is 72.9 Å². The molecule has 0 aliphatic heterocycles. The molecule has 0 amide bonds. The molecule has 0 heterocycles. The Kier molecular flexibility index (Phi) is 55.8. The summed E-state index contributed by atoms with van der Waals surface area (Å²) in [7, 11) is 0. The summed E-state index contributed by atoms with van der Waals surface area (Å²) in [5, 5.41) is 0. The van der Waals surface area contributed by atoms with Crippen LogP contribution in [0.25, 0.3) is 0 Å². The fraction of sp³-hybridized carbons (Fsp3) is 0.766. The molecule has 6 heteroatoms. The van der Waals surface area contributed by atoms with Crippen molar-refractivity contribution in [1.29, 1.82) is 0 Å². The number of hydrogen-bond acceptors (Lipinski definition) is 6. The Bertz CT molecular complexity index is 1310. The van der Waals surface area contributed by atoms with E-state index in [4.69, 9.17) is 14.2 Å². The number of ether oxygens (including phenoxy) is 3. The topological polar surface area (TPSA) is 78.9 Å². The van der Waals surface area contributed by atoms with Crippen molar-refractivity contribution in [3.63, 3.8) is 0 Å². The van der Waals surface area contributed by atoms with Crippen molar-refractivity contribution in [2.75, 3.05) is 13.2 Å². The molecule has 404 valence electrons. The molecule has 0 aliphatic rings. The van der Waals surface area contributed by atoms with Crippen LogP contribution in [0, 0.1) is 0 Å². The number of esters is 3. The van der Waals surface area contributed by atoms with E-state index in [0.29, 0.717) is 19.3 Å². The minimum atomic E-state index is -0.779. The molecule has 0 spiro atoms. The molecule has 0 aromatic rings. The third-order valence-corrected chi connectivity index (χ3v) is 12.9.